The second-order valence-corrected chi connectivity index (χ2v) is 7.82. The minimum absolute atomic E-state index is 0.101. The van der Waals surface area contributed by atoms with E-state index in [1.807, 2.05) is 54.3 Å². The molecule has 1 aliphatic rings. The number of likely N-dealkylation sites (tertiary alicyclic amines) is 1. The van der Waals surface area contributed by atoms with E-state index in [9.17, 15) is 9.59 Å². The molecule has 134 valence electrons. The largest absolute Gasteiger partial charge is 0.347 e. The summed E-state index contributed by atoms with van der Waals surface area (Å²) in [6, 6.07) is 13.4. The highest BCUT2D eigenvalue weighted by molar-refractivity contribution is 7.13. The summed E-state index contributed by atoms with van der Waals surface area (Å²) >= 11 is 1.54. The molecule has 7 heteroatoms. The topological polar surface area (TPSA) is 71.0 Å². The van der Waals surface area contributed by atoms with Crippen molar-refractivity contribution >= 4 is 17.2 Å². The van der Waals surface area contributed by atoms with Crippen molar-refractivity contribution < 1.29 is 4.79 Å². The first-order chi connectivity index (χ1) is 12.6. The van der Waals surface area contributed by atoms with Crippen LogP contribution in [0.25, 0.3) is 5.69 Å². The minimum atomic E-state index is -0.223. The smallest absolute Gasteiger partial charge is 0.338 e. The van der Waals surface area contributed by atoms with Gasteiger partial charge in [0.2, 0.25) is 0 Å². The molecule has 1 N–H and O–H groups in total. The van der Waals surface area contributed by atoms with Crippen LogP contribution in [0.5, 0.6) is 0 Å². The summed E-state index contributed by atoms with van der Waals surface area (Å²) in [4.78, 5) is 28.7. The first-order valence-electron chi connectivity index (χ1n) is 8.72. The van der Waals surface area contributed by atoms with Crippen LogP contribution in [0.15, 0.2) is 47.3 Å². The molecule has 0 bridgehead atoms. The number of nitrogens with one attached hydrogen (secondary N) is 1. The summed E-state index contributed by atoms with van der Waals surface area (Å²) in [7, 11) is 0. The summed E-state index contributed by atoms with van der Waals surface area (Å²) in [6.07, 6.45) is 1.60. The van der Waals surface area contributed by atoms with Crippen LogP contribution in [0.4, 0.5) is 0 Å². The number of rotatable bonds is 3. The highest BCUT2D eigenvalue weighted by Gasteiger charge is 2.28. The van der Waals surface area contributed by atoms with Gasteiger partial charge < -0.3 is 4.90 Å². The lowest BCUT2D eigenvalue weighted by atomic mass is 9.95. The number of piperidine rings is 1. The summed E-state index contributed by atoms with van der Waals surface area (Å²) in [5.74, 6) is 1.01. The molecule has 0 atom stereocenters. The number of hydrogen-bond acceptors (Lipinski definition) is 4. The van der Waals surface area contributed by atoms with Crippen LogP contribution < -0.4 is 5.69 Å². The molecular weight excluding hydrogens is 348 g/mol. The molecular formula is C19H20N4O2S. The van der Waals surface area contributed by atoms with Gasteiger partial charge >= 0.3 is 5.69 Å². The maximum Gasteiger partial charge on any atom is 0.347 e. The van der Waals surface area contributed by atoms with Crippen molar-refractivity contribution in [1.29, 1.82) is 0 Å². The lowest BCUT2D eigenvalue weighted by Crippen LogP contribution is -2.38. The van der Waals surface area contributed by atoms with Gasteiger partial charge in [0, 0.05) is 23.9 Å². The number of benzene rings is 1. The second-order valence-electron chi connectivity index (χ2n) is 6.53. The summed E-state index contributed by atoms with van der Waals surface area (Å²) in [6.45, 7) is 3.36. The van der Waals surface area contributed by atoms with Crippen LogP contribution in [0.3, 0.4) is 0 Å². The zero-order valence-corrected chi connectivity index (χ0v) is 15.3. The van der Waals surface area contributed by atoms with E-state index in [0.717, 1.165) is 34.1 Å². The maximum absolute atomic E-state index is 12.6. The fourth-order valence-electron chi connectivity index (χ4n) is 3.46. The Bertz CT molecular complexity index is 965. The number of thiophene rings is 1. The standard InChI is InChI=1S/C19H20N4O2S/c1-13-7-8-16(26-13)18(24)22-11-9-14(10-12-22)17-20-21-19(25)23(17)15-5-3-2-4-6-15/h2-8,14H,9-12H2,1H3,(H,21,25). The quantitative estimate of drug-likeness (QED) is 0.773. The number of para-hydroxylation sites is 1. The van der Waals surface area contributed by atoms with Gasteiger partial charge in [0.25, 0.3) is 5.91 Å². The number of nitrogens with zero attached hydrogens (tertiary/aromatic N) is 3. The van der Waals surface area contributed by atoms with E-state index in [-0.39, 0.29) is 17.5 Å². The van der Waals surface area contributed by atoms with Gasteiger partial charge in [-0.1, -0.05) is 18.2 Å². The second kappa shape index (κ2) is 6.92. The van der Waals surface area contributed by atoms with Crippen molar-refractivity contribution in [2.75, 3.05) is 13.1 Å². The molecule has 1 aliphatic heterocycles. The maximum atomic E-state index is 12.6. The van der Waals surface area contributed by atoms with Crippen molar-refractivity contribution in [2.24, 2.45) is 0 Å². The lowest BCUT2D eigenvalue weighted by molar-refractivity contribution is 0.0715. The van der Waals surface area contributed by atoms with E-state index in [1.165, 1.54) is 11.3 Å². The number of aromatic nitrogens is 3. The highest BCUT2D eigenvalue weighted by Crippen LogP contribution is 2.28. The average molecular weight is 368 g/mol. The van der Waals surface area contributed by atoms with Crippen molar-refractivity contribution in [1.82, 2.24) is 19.7 Å². The predicted octanol–water partition coefficient (Wildman–Crippen LogP) is 2.95. The molecule has 3 aromatic rings. The normalized spacial score (nSPS) is 15.3. The number of hydrogen-bond donors (Lipinski definition) is 1. The molecule has 0 radical (unpaired) electrons. The summed E-state index contributed by atoms with van der Waals surface area (Å²) in [5, 5.41) is 6.85. The predicted molar refractivity (Wildman–Crippen MR) is 101 cm³/mol. The molecule has 0 unspecified atom stereocenters. The van der Waals surface area contributed by atoms with Gasteiger partial charge in [0.15, 0.2) is 0 Å². The van der Waals surface area contributed by atoms with Crippen LogP contribution in [0.1, 0.15) is 39.1 Å². The molecule has 1 saturated heterocycles. The third-order valence-corrected chi connectivity index (χ3v) is 5.80. The number of H-pyrrole nitrogens is 1. The third kappa shape index (κ3) is 3.10. The Morgan fingerprint density at radius 1 is 1.15 bits per heavy atom. The molecule has 1 fully saturated rings. The Hall–Kier alpha value is -2.67. The third-order valence-electron chi connectivity index (χ3n) is 4.81. The molecule has 6 nitrogen and oxygen atoms in total. The highest BCUT2D eigenvalue weighted by atomic mass is 32.1. The van der Waals surface area contributed by atoms with Crippen molar-refractivity contribution in [3.8, 4) is 5.69 Å². The van der Waals surface area contributed by atoms with E-state index in [0.29, 0.717) is 13.1 Å². The number of aromatic amines is 1. The number of amides is 1. The fourth-order valence-corrected chi connectivity index (χ4v) is 4.29. The summed E-state index contributed by atoms with van der Waals surface area (Å²) in [5.41, 5.74) is 0.590. The van der Waals surface area contributed by atoms with Crippen LogP contribution in [-0.4, -0.2) is 38.7 Å². The summed E-state index contributed by atoms with van der Waals surface area (Å²) < 4.78 is 1.64. The molecule has 0 saturated carbocycles. The van der Waals surface area contributed by atoms with Crippen LogP contribution in [0, 0.1) is 6.92 Å². The Kier molecular flexibility index (Phi) is 4.46. The minimum Gasteiger partial charge on any atom is -0.338 e. The van der Waals surface area contributed by atoms with E-state index in [1.54, 1.807) is 4.57 Å². The molecule has 3 heterocycles. The van der Waals surface area contributed by atoms with Gasteiger partial charge in [0.1, 0.15) is 5.82 Å². The zero-order valence-electron chi connectivity index (χ0n) is 14.5. The van der Waals surface area contributed by atoms with Gasteiger partial charge in [-0.2, -0.15) is 5.10 Å². The van der Waals surface area contributed by atoms with Crippen molar-refractivity contribution in [3.05, 3.63) is 68.5 Å². The lowest BCUT2D eigenvalue weighted by Gasteiger charge is -2.31. The van der Waals surface area contributed by atoms with E-state index >= 15 is 0 Å². The van der Waals surface area contributed by atoms with Gasteiger partial charge in [-0.3, -0.25) is 4.79 Å². The average Bonchev–Trinajstić information content (AvgIpc) is 3.28. The number of carbonyl (C=O) groups excluding carboxylic acids is 1. The Morgan fingerprint density at radius 3 is 2.54 bits per heavy atom. The SMILES string of the molecule is Cc1ccc(C(=O)N2CCC(c3n[nH]c(=O)n3-c3ccccc3)CC2)s1. The molecule has 2 aromatic heterocycles. The van der Waals surface area contributed by atoms with Crippen molar-refractivity contribution in [2.45, 2.75) is 25.7 Å². The Balaban J connectivity index is 1.51. The van der Waals surface area contributed by atoms with Gasteiger partial charge in [0.05, 0.1) is 10.6 Å². The fraction of sp³-hybridized carbons (Fsp3) is 0.316. The van der Waals surface area contributed by atoms with Crippen LogP contribution in [-0.2, 0) is 0 Å². The number of carbonyl (C=O) groups is 1. The molecule has 0 aliphatic carbocycles. The van der Waals surface area contributed by atoms with E-state index in [4.69, 9.17) is 0 Å². The van der Waals surface area contributed by atoms with E-state index in [2.05, 4.69) is 10.2 Å². The molecule has 0 spiro atoms. The van der Waals surface area contributed by atoms with Gasteiger partial charge in [-0.15, -0.1) is 11.3 Å². The molecule has 1 amide bonds. The Morgan fingerprint density at radius 2 is 1.88 bits per heavy atom. The molecule has 26 heavy (non-hydrogen) atoms. The number of aryl methyl sites for hydroxylation is 1. The van der Waals surface area contributed by atoms with Crippen LogP contribution >= 0.6 is 11.3 Å². The van der Waals surface area contributed by atoms with Crippen LogP contribution in [0.2, 0.25) is 0 Å². The molecule has 4 rings (SSSR count). The first kappa shape index (κ1) is 16.8. The van der Waals surface area contributed by atoms with Crippen molar-refractivity contribution in [3.63, 3.8) is 0 Å². The van der Waals surface area contributed by atoms with Gasteiger partial charge in [-0.25, -0.2) is 14.5 Å². The zero-order chi connectivity index (χ0) is 18.1. The monoisotopic (exact) mass is 368 g/mol. The Labute approximate surface area is 155 Å². The van der Waals surface area contributed by atoms with Gasteiger partial charge in [-0.05, 0) is 44.0 Å². The van der Waals surface area contributed by atoms with E-state index < -0.39 is 0 Å². The molecule has 1 aromatic carbocycles. The first-order valence-corrected chi connectivity index (χ1v) is 9.53.